The Morgan fingerprint density at radius 2 is 1.56 bits per heavy atom. The van der Waals surface area contributed by atoms with Gasteiger partial charge in [-0.2, -0.15) is 0 Å². The Bertz CT molecular complexity index is 1450. The molecule has 0 aliphatic heterocycles. The van der Waals surface area contributed by atoms with Crippen molar-refractivity contribution in [1.29, 1.82) is 0 Å². The average Bonchev–Trinajstić information content (AvgIpc) is 3.27. The predicted octanol–water partition coefficient (Wildman–Crippen LogP) is 8.27. The van der Waals surface area contributed by atoms with E-state index in [-0.39, 0.29) is 64.2 Å². The molecule has 282 valence electrons. The normalized spacial score (nSPS) is 38.8. The number of ether oxygens (including phenoxy) is 2. The van der Waals surface area contributed by atoms with Crippen molar-refractivity contribution in [2.45, 2.75) is 165 Å². The number of nitro groups is 1. The molecule has 50 heavy (non-hydrogen) atoms. The minimum Gasteiger partial charge on any atom is -0.462 e. The van der Waals surface area contributed by atoms with Crippen LogP contribution in [0.2, 0.25) is 0 Å². The second-order valence-electron chi connectivity index (χ2n) is 20.3. The Kier molecular flexibility index (Phi) is 9.66. The van der Waals surface area contributed by atoms with Crippen LogP contribution >= 0.6 is 0 Å². The number of fused-ring (bicyclic) bond motifs is 7. The van der Waals surface area contributed by atoms with E-state index in [4.69, 9.17) is 9.47 Å². The molecule has 0 aromatic rings. The lowest BCUT2D eigenvalue weighted by Gasteiger charge is -2.72. The lowest BCUT2D eigenvalue weighted by atomic mass is 9.33. The van der Waals surface area contributed by atoms with E-state index >= 15 is 0 Å². The van der Waals surface area contributed by atoms with Crippen molar-refractivity contribution in [1.82, 2.24) is 0 Å². The number of Topliss-reactive ketones (excluding diaryl/α,β-unsaturated/α-hetero) is 1. The fraction of sp³-hybridized carbons (Fsp3) is 0.878. The van der Waals surface area contributed by atoms with Crippen LogP contribution in [-0.2, 0) is 23.9 Å². The van der Waals surface area contributed by atoms with Gasteiger partial charge in [-0.15, -0.1) is 0 Å². The van der Waals surface area contributed by atoms with Crippen LogP contribution in [0.1, 0.15) is 147 Å². The van der Waals surface area contributed by atoms with Gasteiger partial charge in [0.05, 0.1) is 11.8 Å². The van der Waals surface area contributed by atoms with Crippen LogP contribution in [0.5, 0.6) is 0 Å². The number of hydrogen-bond acceptors (Lipinski definition) is 8. The minimum atomic E-state index is -1.18. The smallest absolute Gasteiger partial charge is 0.312 e. The van der Waals surface area contributed by atoms with E-state index in [2.05, 4.69) is 34.6 Å². The SMILES string of the molecule is CC(C)C1=C2[C@H]3CC[C@@H]4[C@@]5(C)CC[C@H](OC(=O)CC(C)(C)C(=O)OC(C)(C)C)C(C)(C)[C@@H]5CC[C@@]4(C)[C@]3(C)CCC2([C@@H](O)C[N+](=O)[O-])CC1=O. The monoisotopic (exact) mass is 699 g/mol. The maximum atomic E-state index is 13.7. The molecule has 4 fully saturated rings. The first-order valence-electron chi connectivity index (χ1n) is 19.3. The van der Waals surface area contributed by atoms with Crippen molar-refractivity contribution in [3.8, 4) is 0 Å². The van der Waals surface area contributed by atoms with Crippen molar-refractivity contribution in [3.05, 3.63) is 21.3 Å². The summed E-state index contributed by atoms with van der Waals surface area (Å²) in [6.07, 6.45) is 5.78. The van der Waals surface area contributed by atoms with E-state index in [1.807, 2.05) is 34.6 Å². The summed E-state index contributed by atoms with van der Waals surface area (Å²) in [5.74, 6) is 0.155. The van der Waals surface area contributed by atoms with Crippen molar-refractivity contribution >= 4 is 17.7 Å². The van der Waals surface area contributed by atoms with Crippen LogP contribution < -0.4 is 0 Å². The van der Waals surface area contributed by atoms with Crippen LogP contribution in [-0.4, -0.2) is 52.1 Å². The van der Waals surface area contributed by atoms with Crippen molar-refractivity contribution in [2.75, 3.05) is 6.54 Å². The summed E-state index contributed by atoms with van der Waals surface area (Å²) in [4.78, 5) is 51.2. The molecule has 1 N–H and O–H groups in total. The molecule has 9 heteroatoms. The van der Waals surface area contributed by atoms with Gasteiger partial charge in [-0.05, 0) is 131 Å². The number of rotatable bonds is 8. The van der Waals surface area contributed by atoms with Gasteiger partial charge >= 0.3 is 11.9 Å². The molecule has 0 aromatic heterocycles. The number of nitrogens with zero attached hydrogens (tertiary/aromatic N) is 1. The van der Waals surface area contributed by atoms with E-state index in [9.17, 15) is 29.6 Å². The molecule has 0 amide bonds. The first-order valence-corrected chi connectivity index (χ1v) is 19.3. The van der Waals surface area contributed by atoms with Crippen LogP contribution in [0, 0.1) is 66.3 Å². The van der Waals surface area contributed by atoms with Crippen molar-refractivity contribution in [3.63, 3.8) is 0 Å². The predicted molar refractivity (Wildman–Crippen MR) is 191 cm³/mol. The molecule has 5 aliphatic rings. The second kappa shape index (κ2) is 12.4. The zero-order chi connectivity index (χ0) is 37.6. The van der Waals surface area contributed by atoms with Crippen molar-refractivity contribution in [2.24, 2.45) is 56.2 Å². The summed E-state index contributed by atoms with van der Waals surface area (Å²) in [6, 6.07) is 0. The third-order valence-corrected chi connectivity index (χ3v) is 15.2. The highest BCUT2D eigenvalue weighted by Crippen LogP contribution is 2.77. The number of aliphatic hydroxyl groups excluding tert-OH is 1. The molecule has 0 heterocycles. The van der Waals surface area contributed by atoms with E-state index in [0.29, 0.717) is 18.3 Å². The summed E-state index contributed by atoms with van der Waals surface area (Å²) in [6.45, 7) is 24.4. The number of ketones is 1. The molecule has 0 aromatic carbocycles. The molecule has 5 rings (SSSR count). The maximum absolute atomic E-state index is 13.7. The highest BCUT2D eigenvalue weighted by Gasteiger charge is 2.71. The van der Waals surface area contributed by atoms with Gasteiger partial charge in [0, 0.05) is 22.2 Å². The van der Waals surface area contributed by atoms with Gasteiger partial charge in [0.1, 0.15) is 17.8 Å². The molecule has 0 spiro atoms. The number of carbonyl (C=O) groups is 3. The van der Waals surface area contributed by atoms with E-state index in [1.54, 1.807) is 13.8 Å². The molecular weight excluding hydrogens is 634 g/mol. The highest BCUT2D eigenvalue weighted by molar-refractivity contribution is 6.00. The number of carbonyl (C=O) groups excluding carboxylic acids is 3. The number of esters is 2. The number of allylic oxidation sites excluding steroid dienone is 1. The van der Waals surface area contributed by atoms with Gasteiger partial charge in [-0.3, -0.25) is 24.5 Å². The Labute approximate surface area is 300 Å². The molecule has 1 unspecified atom stereocenters. The Morgan fingerprint density at radius 3 is 2.14 bits per heavy atom. The minimum absolute atomic E-state index is 0.00295. The molecular formula is C41H65NO8. The highest BCUT2D eigenvalue weighted by atomic mass is 16.6. The summed E-state index contributed by atoms with van der Waals surface area (Å²) in [5, 5.41) is 23.1. The lowest BCUT2D eigenvalue weighted by molar-refractivity contribution is -0.494. The average molecular weight is 700 g/mol. The van der Waals surface area contributed by atoms with Crippen molar-refractivity contribution < 1.29 is 33.9 Å². The number of hydrogen-bond donors (Lipinski definition) is 1. The first kappa shape index (κ1) is 38.9. The third-order valence-electron chi connectivity index (χ3n) is 15.2. The van der Waals surface area contributed by atoms with Gasteiger partial charge in [-0.25, -0.2) is 0 Å². The fourth-order valence-electron chi connectivity index (χ4n) is 12.6. The van der Waals surface area contributed by atoms with Crippen LogP contribution in [0.25, 0.3) is 0 Å². The zero-order valence-corrected chi connectivity index (χ0v) is 33.0. The van der Waals surface area contributed by atoms with Crippen LogP contribution in [0.3, 0.4) is 0 Å². The summed E-state index contributed by atoms with van der Waals surface area (Å²) in [5.41, 5.74) is -1.00. The molecule has 0 bridgehead atoms. The van der Waals surface area contributed by atoms with Gasteiger partial charge in [0.25, 0.3) is 0 Å². The van der Waals surface area contributed by atoms with Gasteiger partial charge in [0.15, 0.2) is 5.78 Å². The topological polar surface area (TPSA) is 133 Å². The molecule has 9 nitrogen and oxygen atoms in total. The standard InChI is InChI=1S/C41H65NO8/c1-24(2)32-26(43)21-41(29(44)23-42(47)48)20-19-39(11)25(33(32)41)13-14-28-38(10)17-16-30(37(8,9)27(38)15-18-40(28,39)12)49-31(45)22-36(6,7)34(46)50-35(3,4)5/h24-25,27-30,44H,13-23H2,1-12H3/t25-,27+,28-,29+,30+,38+,39-,40-,41?/m1/s1. The summed E-state index contributed by atoms with van der Waals surface area (Å²) < 4.78 is 11.9. The van der Waals surface area contributed by atoms with Gasteiger partial charge in [-0.1, -0.05) is 54.0 Å². The van der Waals surface area contributed by atoms with E-state index < -0.39 is 40.0 Å². The molecule has 0 radical (unpaired) electrons. The van der Waals surface area contributed by atoms with Gasteiger partial charge < -0.3 is 14.6 Å². The largest absolute Gasteiger partial charge is 0.462 e. The second-order valence-corrected chi connectivity index (χ2v) is 20.3. The maximum Gasteiger partial charge on any atom is 0.312 e. The Morgan fingerprint density at radius 1 is 0.920 bits per heavy atom. The molecule has 9 atom stereocenters. The summed E-state index contributed by atoms with van der Waals surface area (Å²) in [7, 11) is 0. The Balaban J connectivity index is 1.41. The number of aliphatic hydroxyl groups is 1. The third kappa shape index (κ3) is 5.97. The summed E-state index contributed by atoms with van der Waals surface area (Å²) >= 11 is 0. The van der Waals surface area contributed by atoms with E-state index in [1.165, 1.54) is 0 Å². The molecule has 5 aliphatic carbocycles. The van der Waals surface area contributed by atoms with Crippen LogP contribution in [0.15, 0.2) is 11.1 Å². The zero-order valence-electron chi connectivity index (χ0n) is 33.0. The first-order chi connectivity index (χ1) is 22.8. The Hall–Kier alpha value is -2.29. The molecule has 4 saturated carbocycles. The van der Waals surface area contributed by atoms with Gasteiger partial charge in [0.2, 0.25) is 6.54 Å². The fourth-order valence-corrected chi connectivity index (χ4v) is 12.6. The molecule has 0 saturated heterocycles. The quantitative estimate of drug-likeness (QED) is 0.152. The van der Waals surface area contributed by atoms with Crippen LogP contribution in [0.4, 0.5) is 0 Å². The van der Waals surface area contributed by atoms with E-state index in [0.717, 1.165) is 56.1 Å². The lowest BCUT2D eigenvalue weighted by Crippen LogP contribution is -2.66.